The first kappa shape index (κ1) is 18.4. The fourth-order valence-corrected chi connectivity index (χ4v) is 1.90. The van der Waals surface area contributed by atoms with E-state index in [0.29, 0.717) is 31.1 Å². The van der Waals surface area contributed by atoms with E-state index in [1.54, 1.807) is 38.5 Å². The lowest BCUT2D eigenvalue weighted by Gasteiger charge is -2.24. The number of nitriles is 1. The van der Waals surface area contributed by atoms with Gasteiger partial charge in [0.2, 0.25) is 0 Å². The van der Waals surface area contributed by atoms with Gasteiger partial charge in [0.25, 0.3) is 0 Å². The van der Waals surface area contributed by atoms with Gasteiger partial charge in [-0.05, 0) is 24.3 Å². The van der Waals surface area contributed by atoms with Gasteiger partial charge in [-0.2, -0.15) is 5.26 Å². The average Bonchev–Trinajstić information content (AvgIpc) is 2.55. The van der Waals surface area contributed by atoms with Crippen LogP contribution in [0.1, 0.15) is 5.56 Å². The van der Waals surface area contributed by atoms with Crippen LogP contribution in [0.3, 0.4) is 0 Å². The zero-order valence-electron chi connectivity index (χ0n) is 13.2. The Bertz CT molecular complexity index is 436. The zero-order chi connectivity index (χ0) is 16.2. The summed E-state index contributed by atoms with van der Waals surface area (Å²) in [6.45, 7) is 3.35. The van der Waals surface area contributed by atoms with E-state index in [0.717, 1.165) is 13.1 Å². The molecule has 6 heteroatoms. The summed E-state index contributed by atoms with van der Waals surface area (Å²) in [5.41, 5.74) is 0.582. The van der Waals surface area contributed by atoms with E-state index in [9.17, 15) is 5.11 Å². The van der Waals surface area contributed by atoms with Crippen molar-refractivity contribution in [1.82, 2.24) is 4.90 Å². The van der Waals surface area contributed by atoms with E-state index in [1.807, 2.05) is 6.07 Å². The third-order valence-corrected chi connectivity index (χ3v) is 3.12. The van der Waals surface area contributed by atoms with Gasteiger partial charge >= 0.3 is 0 Å². The number of nitrogens with zero attached hydrogens (tertiary/aromatic N) is 2. The Balaban J connectivity index is 2.37. The Morgan fingerprint density at radius 1 is 1.14 bits per heavy atom. The summed E-state index contributed by atoms with van der Waals surface area (Å²) in [6, 6.07) is 8.86. The summed E-state index contributed by atoms with van der Waals surface area (Å²) < 4.78 is 15.7. The summed E-state index contributed by atoms with van der Waals surface area (Å²) in [5, 5.41) is 18.8. The van der Waals surface area contributed by atoms with Crippen LogP contribution in [0.2, 0.25) is 0 Å². The number of methoxy groups -OCH3 is 2. The molecule has 0 unspecified atom stereocenters. The molecule has 1 aromatic rings. The second-order valence-corrected chi connectivity index (χ2v) is 4.89. The molecule has 1 aromatic carbocycles. The van der Waals surface area contributed by atoms with Crippen molar-refractivity contribution in [3.63, 3.8) is 0 Å². The van der Waals surface area contributed by atoms with E-state index in [4.69, 9.17) is 19.5 Å². The molecule has 0 radical (unpaired) electrons. The van der Waals surface area contributed by atoms with Gasteiger partial charge in [0.1, 0.15) is 18.5 Å². The fraction of sp³-hybridized carbons (Fsp3) is 0.562. The van der Waals surface area contributed by atoms with Crippen molar-refractivity contribution in [2.75, 3.05) is 53.7 Å². The molecule has 6 nitrogen and oxygen atoms in total. The zero-order valence-corrected chi connectivity index (χ0v) is 13.2. The predicted molar refractivity (Wildman–Crippen MR) is 82.9 cm³/mol. The number of benzene rings is 1. The molecule has 122 valence electrons. The lowest BCUT2D eigenvalue weighted by atomic mass is 10.2. The van der Waals surface area contributed by atoms with Gasteiger partial charge in [0, 0.05) is 33.9 Å². The van der Waals surface area contributed by atoms with Crippen LogP contribution in [-0.2, 0) is 9.47 Å². The van der Waals surface area contributed by atoms with E-state index in [2.05, 4.69) is 4.90 Å². The van der Waals surface area contributed by atoms with Gasteiger partial charge < -0.3 is 19.3 Å². The maximum Gasteiger partial charge on any atom is 0.119 e. The number of hydrogen-bond acceptors (Lipinski definition) is 6. The summed E-state index contributed by atoms with van der Waals surface area (Å²) >= 11 is 0. The van der Waals surface area contributed by atoms with Crippen LogP contribution < -0.4 is 4.74 Å². The van der Waals surface area contributed by atoms with Crippen LogP contribution in [0, 0.1) is 11.3 Å². The topological polar surface area (TPSA) is 75.0 Å². The molecule has 0 saturated carbocycles. The van der Waals surface area contributed by atoms with Crippen LogP contribution in [0.15, 0.2) is 24.3 Å². The Hall–Kier alpha value is -1.65. The molecule has 0 aliphatic rings. The van der Waals surface area contributed by atoms with Gasteiger partial charge in [-0.1, -0.05) is 0 Å². The molecule has 0 fully saturated rings. The first-order valence-electron chi connectivity index (χ1n) is 7.20. The van der Waals surface area contributed by atoms with Gasteiger partial charge in [0.05, 0.1) is 24.8 Å². The SMILES string of the molecule is COCCN(CCOC)C[C@H](O)COc1ccc(C#N)cc1. The third-order valence-electron chi connectivity index (χ3n) is 3.12. The first-order valence-corrected chi connectivity index (χ1v) is 7.20. The largest absolute Gasteiger partial charge is 0.491 e. The second kappa shape index (κ2) is 11.0. The highest BCUT2D eigenvalue weighted by Gasteiger charge is 2.12. The Morgan fingerprint density at radius 3 is 2.23 bits per heavy atom. The quantitative estimate of drug-likeness (QED) is 0.654. The smallest absolute Gasteiger partial charge is 0.119 e. The van der Waals surface area contributed by atoms with Gasteiger partial charge in [-0.25, -0.2) is 0 Å². The van der Waals surface area contributed by atoms with Crippen molar-refractivity contribution < 1.29 is 19.3 Å². The number of aliphatic hydroxyl groups excluding tert-OH is 1. The van der Waals surface area contributed by atoms with Gasteiger partial charge in [-0.15, -0.1) is 0 Å². The maximum absolute atomic E-state index is 10.1. The maximum atomic E-state index is 10.1. The normalized spacial score (nSPS) is 12.1. The molecule has 0 heterocycles. The molecule has 0 aromatic heterocycles. The second-order valence-electron chi connectivity index (χ2n) is 4.89. The molecule has 0 aliphatic carbocycles. The lowest BCUT2D eigenvalue weighted by molar-refractivity contribution is 0.0460. The predicted octanol–water partition coefficient (Wildman–Crippen LogP) is 0.893. The minimum atomic E-state index is -0.607. The molecule has 1 N–H and O–H groups in total. The highest BCUT2D eigenvalue weighted by atomic mass is 16.5. The van der Waals surface area contributed by atoms with Crippen LogP contribution in [0.4, 0.5) is 0 Å². The van der Waals surface area contributed by atoms with Crippen LogP contribution >= 0.6 is 0 Å². The van der Waals surface area contributed by atoms with Crippen LogP contribution in [-0.4, -0.2) is 69.8 Å². The summed E-state index contributed by atoms with van der Waals surface area (Å²) in [4.78, 5) is 2.07. The molecule has 0 spiro atoms. The number of ether oxygens (including phenoxy) is 3. The molecule has 1 rings (SSSR count). The van der Waals surface area contributed by atoms with Crippen LogP contribution in [0.5, 0.6) is 5.75 Å². The molecule has 0 bridgehead atoms. The van der Waals surface area contributed by atoms with Crippen LogP contribution in [0.25, 0.3) is 0 Å². The van der Waals surface area contributed by atoms with E-state index in [-0.39, 0.29) is 6.61 Å². The summed E-state index contributed by atoms with van der Waals surface area (Å²) in [6.07, 6.45) is -0.607. The number of rotatable bonds is 11. The van der Waals surface area contributed by atoms with Crippen molar-refractivity contribution >= 4 is 0 Å². The van der Waals surface area contributed by atoms with Crippen molar-refractivity contribution in [3.05, 3.63) is 29.8 Å². The number of aliphatic hydroxyl groups is 1. The summed E-state index contributed by atoms with van der Waals surface area (Å²) in [7, 11) is 3.30. The number of hydrogen-bond donors (Lipinski definition) is 1. The standard InChI is InChI=1S/C16H24N2O4/c1-20-9-7-18(8-10-21-2)12-15(19)13-22-16-5-3-14(11-17)4-6-16/h3-6,15,19H,7-10,12-13H2,1-2H3/t15-/m0/s1. The lowest BCUT2D eigenvalue weighted by Crippen LogP contribution is -2.39. The van der Waals surface area contributed by atoms with E-state index in [1.165, 1.54) is 0 Å². The molecular weight excluding hydrogens is 284 g/mol. The molecule has 0 saturated heterocycles. The molecular formula is C16H24N2O4. The van der Waals surface area contributed by atoms with E-state index < -0.39 is 6.10 Å². The monoisotopic (exact) mass is 308 g/mol. The first-order chi connectivity index (χ1) is 10.7. The third kappa shape index (κ3) is 7.38. The molecule has 0 amide bonds. The van der Waals surface area contributed by atoms with Gasteiger partial charge in [-0.3, -0.25) is 4.90 Å². The Kier molecular flexibility index (Phi) is 9.19. The molecule has 22 heavy (non-hydrogen) atoms. The Morgan fingerprint density at radius 2 is 1.73 bits per heavy atom. The average molecular weight is 308 g/mol. The van der Waals surface area contributed by atoms with Crippen molar-refractivity contribution in [1.29, 1.82) is 5.26 Å². The molecule has 1 atom stereocenters. The van der Waals surface area contributed by atoms with Gasteiger partial charge in [0.15, 0.2) is 0 Å². The van der Waals surface area contributed by atoms with Crippen molar-refractivity contribution in [2.24, 2.45) is 0 Å². The minimum absolute atomic E-state index is 0.197. The minimum Gasteiger partial charge on any atom is -0.491 e. The van der Waals surface area contributed by atoms with Crippen molar-refractivity contribution in [2.45, 2.75) is 6.10 Å². The van der Waals surface area contributed by atoms with Crippen molar-refractivity contribution in [3.8, 4) is 11.8 Å². The Labute approximate surface area is 131 Å². The van der Waals surface area contributed by atoms with E-state index >= 15 is 0 Å². The fourth-order valence-electron chi connectivity index (χ4n) is 1.90. The summed E-state index contributed by atoms with van der Waals surface area (Å²) in [5.74, 6) is 0.637. The highest BCUT2D eigenvalue weighted by Crippen LogP contribution is 2.11. The molecule has 0 aliphatic heterocycles. The highest BCUT2D eigenvalue weighted by molar-refractivity contribution is 5.34.